The summed E-state index contributed by atoms with van der Waals surface area (Å²) in [6.07, 6.45) is 0.978. The highest BCUT2D eigenvalue weighted by Gasteiger charge is 2.16. The molecule has 1 aromatic heterocycles. The first-order valence-electron chi connectivity index (χ1n) is 5.41. The van der Waals surface area contributed by atoms with Crippen molar-refractivity contribution in [2.45, 2.75) is 26.3 Å². The minimum absolute atomic E-state index is 0.0749. The molecule has 0 aliphatic carbocycles. The van der Waals surface area contributed by atoms with Crippen molar-refractivity contribution in [1.82, 2.24) is 5.32 Å². The Labute approximate surface area is 104 Å². The van der Waals surface area contributed by atoms with E-state index < -0.39 is 11.0 Å². The van der Waals surface area contributed by atoms with Gasteiger partial charge in [0.25, 0.3) is 0 Å². The van der Waals surface area contributed by atoms with Crippen LogP contribution in [0.2, 0.25) is 0 Å². The summed E-state index contributed by atoms with van der Waals surface area (Å²) in [6, 6.07) is 4.75. The summed E-state index contributed by atoms with van der Waals surface area (Å²) in [5.41, 5.74) is 0. The van der Waals surface area contributed by atoms with Gasteiger partial charge in [0.1, 0.15) is 6.04 Å². The minimum atomic E-state index is -0.451. The Balaban J connectivity index is 2.61. The summed E-state index contributed by atoms with van der Waals surface area (Å²) in [6.45, 7) is 4.96. The Kier molecular flexibility index (Phi) is 5.07. The average molecular weight is 253 g/mol. The van der Waals surface area contributed by atoms with Crippen LogP contribution in [-0.2, 0) is 0 Å². The molecule has 0 fully saturated rings. The van der Waals surface area contributed by atoms with Crippen LogP contribution in [0.4, 0.5) is 5.00 Å². The van der Waals surface area contributed by atoms with Gasteiger partial charge in [0.15, 0.2) is 0 Å². The van der Waals surface area contributed by atoms with Crippen LogP contribution in [0.3, 0.4) is 0 Å². The van der Waals surface area contributed by atoms with Gasteiger partial charge in [-0.15, -0.1) is 0 Å². The van der Waals surface area contributed by atoms with Crippen LogP contribution in [-0.4, -0.2) is 11.5 Å². The monoisotopic (exact) mass is 253 g/mol. The van der Waals surface area contributed by atoms with E-state index in [2.05, 4.69) is 25.2 Å². The smallest absolute Gasteiger partial charge is 0.298 e. The largest absolute Gasteiger partial charge is 0.324 e. The van der Waals surface area contributed by atoms with Gasteiger partial charge in [0.05, 0.1) is 11.0 Å². The number of nitro groups is 1. The van der Waals surface area contributed by atoms with Crippen molar-refractivity contribution < 1.29 is 4.92 Å². The lowest BCUT2D eigenvalue weighted by Gasteiger charge is -2.10. The zero-order chi connectivity index (χ0) is 12.8. The first-order valence-corrected chi connectivity index (χ1v) is 6.23. The van der Waals surface area contributed by atoms with Gasteiger partial charge in [-0.3, -0.25) is 15.4 Å². The highest BCUT2D eigenvalue weighted by Crippen LogP contribution is 2.28. The minimum Gasteiger partial charge on any atom is -0.298 e. The molecule has 1 aromatic rings. The molecule has 0 saturated carbocycles. The molecule has 0 aliphatic rings. The topological polar surface area (TPSA) is 79.0 Å². The van der Waals surface area contributed by atoms with Crippen molar-refractivity contribution >= 4 is 16.3 Å². The van der Waals surface area contributed by atoms with Crippen LogP contribution >= 0.6 is 11.3 Å². The molecule has 0 radical (unpaired) electrons. The van der Waals surface area contributed by atoms with Crippen LogP contribution in [0.25, 0.3) is 0 Å². The van der Waals surface area contributed by atoms with E-state index in [0.717, 1.165) is 24.3 Å². The molecule has 0 spiro atoms. The summed E-state index contributed by atoms with van der Waals surface area (Å²) in [5.74, 6) is 0.569. The van der Waals surface area contributed by atoms with E-state index in [4.69, 9.17) is 5.26 Å². The van der Waals surface area contributed by atoms with Crippen LogP contribution in [0, 0.1) is 27.4 Å². The maximum absolute atomic E-state index is 10.5. The molecule has 0 saturated heterocycles. The third-order valence-corrected chi connectivity index (χ3v) is 3.38. The van der Waals surface area contributed by atoms with Gasteiger partial charge in [0, 0.05) is 10.9 Å². The lowest BCUT2D eigenvalue weighted by molar-refractivity contribution is -0.380. The van der Waals surface area contributed by atoms with Gasteiger partial charge in [-0.1, -0.05) is 25.2 Å². The van der Waals surface area contributed by atoms with Crippen LogP contribution in [0.15, 0.2) is 12.1 Å². The summed E-state index contributed by atoms with van der Waals surface area (Å²) in [5, 5.41) is 22.7. The van der Waals surface area contributed by atoms with Crippen molar-refractivity contribution in [3.63, 3.8) is 0 Å². The predicted molar refractivity (Wildman–Crippen MR) is 66.8 cm³/mol. The summed E-state index contributed by atoms with van der Waals surface area (Å²) >= 11 is 1.05. The second kappa shape index (κ2) is 6.33. The molecule has 92 valence electrons. The Hall–Kier alpha value is -1.45. The summed E-state index contributed by atoms with van der Waals surface area (Å²) in [7, 11) is 0. The molecule has 1 rings (SSSR count). The zero-order valence-corrected chi connectivity index (χ0v) is 10.7. The lowest BCUT2D eigenvalue weighted by Crippen LogP contribution is -2.21. The van der Waals surface area contributed by atoms with Crippen molar-refractivity contribution in [2.75, 3.05) is 6.54 Å². The normalized spacial score (nSPS) is 12.4. The molecular weight excluding hydrogens is 238 g/mol. The molecule has 5 nitrogen and oxygen atoms in total. The number of nitriles is 1. The molecule has 0 aromatic carbocycles. The van der Waals surface area contributed by atoms with Gasteiger partial charge < -0.3 is 0 Å². The van der Waals surface area contributed by atoms with Gasteiger partial charge in [-0.05, 0) is 24.9 Å². The van der Waals surface area contributed by atoms with E-state index in [1.165, 1.54) is 6.07 Å². The Morgan fingerprint density at radius 1 is 1.59 bits per heavy atom. The fourth-order valence-corrected chi connectivity index (χ4v) is 2.16. The van der Waals surface area contributed by atoms with Gasteiger partial charge >= 0.3 is 5.00 Å². The number of hydrogen-bond donors (Lipinski definition) is 1. The SMILES string of the molecule is CC(C)CCNC(C#N)c1ccc([N+](=O)[O-])s1. The molecule has 6 heteroatoms. The number of nitrogens with one attached hydrogen (secondary N) is 1. The third-order valence-electron chi connectivity index (χ3n) is 2.28. The molecule has 1 N–H and O–H groups in total. The van der Waals surface area contributed by atoms with Crippen molar-refractivity contribution in [2.24, 2.45) is 5.92 Å². The number of thiophene rings is 1. The van der Waals surface area contributed by atoms with Gasteiger partial charge in [0.2, 0.25) is 0 Å². The van der Waals surface area contributed by atoms with Crippen molar-refractivity contribution in [1.29, 1.82) is 5.26 Å². The number of rotatable bonds is 6. The van der Waals surface area contributed by atoms with E-state index in [0.29, 0.717) is 10.8 Å². The van der Waals surface area contributed by atoms with E-state index in [-0.39, 0.29) is 5.00 Å². The first-order chi connectivity index (χ1) is 8.04. The second-order valence-corrected chi connectivity index (χ2v) is 5.23. The standard InChI is InChI=1S/C11H15N3O2S/c1-8(2)5-6-13-9(7-12)10-3-4-11(17-10)14(15)16/h3-4,8-9,13H,5-6H2,1-2H3. The van der Waals surface area contributed by atoms with Gasteiger partial charge in [-0.2, -0.15) is 5.26 Å². The Morgan fingerprint density at radius 3 is 2.76 bits per heavy atom. The third kappa shape index (κ3) is 4.13. The van der Waals surface area contributed by atoms with E-state index in [1.807, 2.05) is 0 Å². The fourth-order valence-electron chi connectivity index (χ4n) is 1.32. The summed E-state index contributed by atoms with van der Waals surface area (Å²) in [4.78, 5) is 10.8. The van der Waals surface area contributed by atoms with Crippen LogP contribution in [0.1, 0.15) is 31.2 Å². The average Bonchev–Trinajstić information content (AvgIpc) is 2.73. The molecule has 17 heavy (non-hydrogen) atoms. The Bertz CT molecular complexity index is 423. The first kappa shape index (κ1) is 13.6. The highest BCUT2D eigenvalue weighted by atomic mass is 32.1. The zero-order valence-electron chi connectivity index (χ0n) is 9.84. The fraction of sp³-hybridized carbons (Fsp3) is 0.545. The van der Waals surface area contributed by atoms with Crippen LogP contribution in [0.5, 0.6) is 0 Å². The Morgan fingerprint density at radius 2 is 2.29 bits per heavy atom. The van der Waals surface area contributed by atoms with E-state index in [1.54, 1.807) is 6.07 Å². The maximum Gasteiger partial charge on any atom is 0.324 e. The molecule has 0 bridgehead atoms. The van der Waals surface area contributed by atoms with Crippen molar-refractivity contribution in [3.05, 3.63) is 27.1 Å². The molecule has 0 aliphatic heterocycles. The maximum atomic E-state index is 10.5. The molecule has 1 unspecified atom stereocenters. The number of hydrogen-bond acceptors (Lipinski definition) is 5. The van der Waals surface area contributed by atoms with Gasteiger partial charge in [-0.25, -0.2) is 0 Å². The predicted octanol–water partition coefficient (Wildman–Crippen LogP) is 2.86. The highest BCUT2D eigenvalue weighted by molar-refractivity contribution is 7.15. The molecule has 1 heterocycles. The quantitative estimate of drug-likeness (QED) is 0.624. The van der Waals surface area contributed by atoms with E-state index >= 15 is 0 Å². The second-order valence-electron chi connectivity index (χ2n) is 4.13. The van der Waals surface area contributed by atoms with Crippen molar-refractivity contribution in [3.8, 4) is 6.07 Å². The van der Waals surface area contributed by atoms with Crippen LogP contribution < -0.4 is 5.32 Å². The van der Waals surface area contributed by atoms with E-state index in [9.17, 15) is 10.1 Å². The molecular formula is C11H15N3O2S. The summed E-state index contributed by atoms with van der Waals surface area (Å²) < 4.78 is 0. The molecule has 0 amide bonds. The number of nitrogens with zero attached hydrogens (tertiary/aromatic N) is 2. The lowest BCUT2D eigenvalue weighted by atomic mass is 10.1. The molecule has 1 atom stereocenters.